The minimum Gasteiger partial charge on any atom is -0.184 e. The largest absolute Gasteiger partial charge is 0.184 e. The van der Waals surface area contributed by atoms with E-state index in [2.05, 4.69) is 12.1 Å². The Bertz CT molecular complexity index is 434. The molecule has 0 aliphatic carbocycles. The van der Waals surface area contributed by atoms with Gasteiger partial charge in [-0.1, -0.05) is 18.2 Å². The van der Waals surface area contributed by atoms with E-state index in [1.54, 1.807) is 24.3 Å². The topological polar surface area (TPSA) is 57.5 Å². The van der Waals surface area contributed by atoms with Gasteiger partial charge in [-0.3, -0.25) is 0 Å². The summed E-state index contributed by atoms with van der Waals surface area (Å²) in [6, 6.07) is 33.7. The number of phenolic OH excluding ortho intramolecular Hbond substituents is 1. The molecule has 0 radical (unpaired) electrons. The molecular formula is C19H20O3Ti. The molecule has 118 valence electrons. The summed E-state index contributed by atoms with van der Waals surface area (Å²) in [6.45, 7) is 0. The maximum absolute atomic E-state index is 8.63. The summed E-state index contributed by atoms with van der Waals surface area (Å²) in [5.41, 5.74) is 0. The first kappa shape index (κ1) is 23.2. The normalized spacial score (nSPS) is 7.30. The smallest absolute Gasteiger partial charge is 0.171 e. The number of hydrogen-bond donors (Lipinski definition) is 2. The fraction of sp³-hybridized carbons (Fsp3) is 0.0526. The van der Waals surface area contributed by atoms with Gasteiger partial charge in [-0.15, -0.1) is 0 Å². The standard InChI is InChI=1S/C6H6O.2C6H5.CH4O.O.Ti/c7-6-4-2-1-3-5-6;2*1-2-4-6-5-3-1;1-2;;/h1-5,7H;2*1-5H;2H,1H3;;/q;2*-1;;;+2. The van der Waals surface area contributed by atoms with Crippen molar-refractivity contribution in [2.24, 2.45) is 0 Å². The van der Waals surface area contributed by atoms with Gasteiger partial charge in [0, 0.05) is 7.11 Å². The number of aromatic hydroxyl groups is 1. The van der Waals surface area contributed by atoms with Gasteiger partial charge in [0.25, 0.3) is 0 Å². The molecule has 4 heteroatoms. The zero-order valence-corrected chi connectivity index (χ0v) is 14.5. The van der Waals surface area contributed by atoms with Crippen molar-refractivity contribution in [2.45, 2.75) is 0 Å². The van der Waals surface area contributed by atoms with Crippen molar-refractivity contribution in [3.05, 3.63) is 103 Å². The molecule has 3 aromatic rings. The van der Waals surface area contributed by atoms with Gasteiger partial charge < -0.3 is 10.2 Å². The monoisotopic (exact) mass is 344 g/mol. The minimum absolute atomic E-state index is 0.322. The van der Waals surface area contributed by atoms with Gasteiger partial charge in [0.15, 0.2) is 0 Å². The molecule has 3 aromatic carbocycles. The first-order valence-corrected chi connectivity index (χ1v) is 7.24. The fourth-order valence-corrected chi connectivity index (χ4v) is 1.11. The quantitative estimate of drug-likeness (QED) is 0.481. The zero-order chi connectivity index (χ0) is 17.6. The summed E-state index contributed by atoms with van der Waals surface area (Å²) in [6.07, 6.45) is 0. The van der Waals surface area contributed by atoms with Crippen LogP contribution >= 0.6 is 0 Å². The molecule has 0 amide bonds. The van der Waals surface area contributed by atoms with Crippen LogP contribution in [-0.4, -0.2) is 17.3 Å². The average molecular weight is 344 g/mol. The van der Waals surface area contributed by atoms with Crippen molar-refractivity contribution in [2.75, 3.05) is 7.11 Å². The van der Waals surface area contributed by atoms with Crippen LogP contribution in [0.1, 0.15) is 0 Å². The molecule has 3 rings (SSSR count). The van der Waals surface area contributed by atoms with Crippen molar-refractivity contribution in [3.63, 3.8) is 0 Å². The molecule has 0 spiro atoms. The average Bonchev–Trinajstić information content (AvgIpc) is 2.69. The molecule has 0 fully saturated rings. The van der Waals surface area contributed by atoms with Crippen molar-refractivity contribution in [3.8, 4) is 5.75 Å². The van der Waals surface area contributed by atoms with Crippen LogP contribution < -0.4 is 0 Å². The maximum Gasteiger partial charge on any atom is -0.171 e. The Balaban J connectivity index is 0. The van der Waals surface area contributed by atoms with Crippen LogP contribution in [0.15, 0.2) is 91.0 Å². The number of hydrogen-bond acceptors (Lipinski definition) is 3. The van der Waals surface area contributed by atoms with Crippen molar-refractivity contribution in [1.29, 1.82) is 0 Å². The van der Waals surface area contributed by atoms with Crippen LogP contribution in [0.2, 0.25) is 0 Å². The molecule has 23 heavy (non-hydrogen) atoms. The van der Waals surface area contributed by atoms with E-state index in [0.717, 1.165) is 27.5 Å². The van der Waals surface area contributed by atoms with Crippen molar-refractivity contribution < 1.29 is 33.9 Å². The molecule has 0 heterocycles. The second-order valence-corrected chi connectivity index (χ2v) is 3.49. The molecule has 0 saturated heterocycles. The molecule has 0 aliphatic rings. The molecule has 0 aromatic heterocycles. The maximum atomic E-state index is 8.63. The van der Waals surface area contributed by atoms with Crippen molar-refractivity contribution >= 4 is 0 Å². The third-order valence-corrected chi connectivity index (χ3v) is 1.97. The molecule has 0 saturated carbocycles. The number of rotatable bonds is 0. The summed E-state index contributed by atoms with van der Waals surface area (Å²) < 4.78 is 8.25. The molecule has 0 unspecified atom stereocenters. The minimum atomic E-state index is 0.322. The summed E-state index contributed by atoms with van der Waals surface area (Å²) in [7, 11) is 1.00. The van der Waals surface area contributed by atoms with E-state index in [9.17, 15) is 0 Å². The Morgan fingerprint density at radius 2 is 0.957 bits per heavy atom. The molecule has 3 nitrogen and oxygen atoms in total. The van der Waals surface area contributed by atoms with E-state index >= 15 is 0 Å². The first-order chi connectivity index (χ1) is 11.4. The number of aliphatic hydroxyl groups excluding tert-OH is 1. The second-order valence-electron chi connectivity index (χ2n) is 3.49. The van der Waals surface area contributed by atoms with Gasteiger partial charge in [0.2, 0.25) is 0 Å². The molecular weight excluding hydrogens is 324 g/mol. The Morgan fingerprint density at radius 3 is 1.09 bits per heavy atom. The zero-order valence-electron chi connectivity index (χ0n) is 13.0. The Kier molecular flexibility index (Phi) is 22.4. The summed E-state index contributed by atoms with van der Waals surface area (Å²) in [4.78, 5) is 0. The second kappa shape index (κ2) is 22.2. The van der Waals surface area contributed by atoms with Gasteiger partial charge in [-0.2, -0.15) is 72.8 Å². The first-order valence-electron chi connectivity index (χ1n) is 6.61. The number of para-hydroxylation sites is 1. The molecule has 0 atom stereocenters. The van der Waals surface area contributed by atoms with Gasteiger partial charge >= 0.3 is 23.7 Å². The van der Waals surface area contributed by atoms with E-state index in [1.165, 1.54) is 0 Å². The van der Waals surface area contributed by atoms with Crippen LogP contribution in [0.25, 0.3) is 0 Å². The Labute approximate surface area is 150 Å². The van der Waals surface area contributed by atoms with Gasteiger partial charge in [0.05, 0.1) is 0 Å². The van der Waals surface area contributed by atoms with Crippen LogP contribution in [0.3, 0.4) is 0 Å². The van der Waals surface area contributed by atoms with E-state index in [4.69, 9.17) is 13.5 Å². The van der Waals surface area contributed by atoms with E-state index in [-0.39, 0.29) is 0 Å². The fourth-order valence-electron chi connectivity index (χ4n) is 1.11. The predicted molar refractivity (Wildman–Crippen MR) is 87.5 cm³/mol. The molecule has 0 bridgehead atoms. The Hall–Kier alpha value is -2.07. The number of aliphatic hydroxyl groups is 1. The summed E-state index contributed by atoms with van der Waals surface area (Å²) in [5, 5.41) is 15.6. The molecule has 0 aliphatic heterocycles. The van der Waals surface area contributed by atoms with Crippen LogP contribution in [0.5, 0.6) is 5.75 Å². The molecule has 2 N–H and O–H groups in total. The van der Waals surface area contributed by atoms with Gasteiger partial charge in [-0.05, 0) is 12.1 Å². The Morgan fingerprint density at radius 1 is 0.652 bits per heavy atom. The van der Waals surface area contributed by atoms with Crippen LogP contribution in [-0.2, 0) is 23.7 Å². The van der Waals surface area contributed by atoms with Crippen LogP contribution in [0.4, 0.5) is 0 Å². The summed E-state index contributed by atoms with van der Waals surface area (Å²) >= 11 is 0.750. The van der Waals surface area contributed by atoms with Crippen LogP contribution in [0, 0.1) is 12.1 Å². The number of phenols is 1. The predicted octanol–water partition coefficient (Wildman–Crippen LogP) is 3.85. The van der Waals surface area contributed by atoms with E-state index in [1.807, 2.05) is 66.7 Å². The number of benzene rings is 3. The van der Waals surface area contributed by atoms with E-state index < -0.39 is 0 Å². The van der Waals surface area contributed by atoms with Crippen molar-refractivity contribution in [1.82, 2.24) is 0 Å². The SMILES string of the molecule is CO.Oc1ccccc1.[O]=[Ti+2].[c-]1ccccc1.[c-]1ccccc1. The van der Waals surface area contributed by atoms with Gasteiger partial charge in [-0.25, -0.2) is 0 Å². The summed E-state index contributed by atoms with van der Waals surface area (Å²) in [5.74, 6) is 0.322. The van der Waals surface area contributed by atoms with E-state index in [0.29, 0.717) is 5.75 Å². The third-order valence-electron chi connectivity index (χ3n) is 1.97. The van der Waals surface area contributed by atoms with Gasteiger partial charge in [0.1, 0.15) is 5.75 Å². The third kappa shape index (κ3) is 19.9.